The van der Waals surface area contributed by atoms with E-state index < -0.39 is 5.91 Å². The van der Waals surface area contributed by atoms with Gasteiger partial charge in [-0.1, -0.05) is 50.2 Å². The number of carbonyl (C=O) groups is 1. The Bertz CT molecular complexity index is 807. The fourth-order valence-electron chi connectivity index (χ4n) is 4.25. The van der Waals surface area contributed by atoms with Crippen LogP contribution in [0.5, 0.6) is 0 Å². The van der Waals surface area contributed by atoms with Crippen molar-refractivity contribution < 1.29 is 10.0 Å². The highest BCUT2D eigenvalue weighted by Crippen LogP contribution is 2.22. The van der Waals surface area contributed by atoms with Crippen LogP contribution in [0.25, 0.3) is 0 Å². The van der Waals surface area contributed by atoms with Crippen LogP contribution < -0.4 is 5.48 Å². The third-order valence-corrected chi connectivity index (χ3v) is 5.88. The first-order valence-electron chi connectivity index (χ1n) is 10.5. The van der Waals surface area contributed by atoms with Crippen molar-refractivity contribution in [3.05, 3.63) is 70.8 Å². The Morgan fingerprint density at radius 1 is 1.03 bits per heavy atom. The molecule has 5 heteroatoms. The van der Waals surface area contributed by atoms with Crippen molar-refractivity contribution in [1.29, 1.82) is 0 Å². The number of nitrogens with one attached hydrogen (secondary N) is 1. The molecule has 1 saturated heterocycles. The lowest BCUT2D eigenvalue weighted by Gasteiger charge is -2.44. The van der Waals surface area contributed by atoms with Crippen LogP contribution in [0.1, 0.15) is 60.7 Å². The second kappa shape index (κ2) is 9.53. The maximum Gasteiger partial charge on any atom is 0.274 e. The van der Waals surface area contributed by atoms with E-state index in [4.69, 9.17) is 5.21 Å². The predicted octanol–water partition coefficient (Wildman–Crippen LogP) is 4.02. The number of rotatable bonds is 6. The van der Waals surface area contributed by atoms with Crippen molar-refractivity contribution in [2.75, 3.05) is 13.1 Å². The molecule has 29 heavy (non-hydrogen) atoms. The number of hydroxylamine groups is 1. The smallest absolute Gasteiger partial charge is 0.274 e. The summed E-state index contributed by atoms with van der Waals surface area (Å²) in [4.78, 5) is 16.6. The monoisotopic (exact) mass is 395 g/mol. The maximum atomic E-state index is 11.5. The number of hydrogen-bond acceptors (Lipinski definition) is 4. The van der Waals surface area contributed by atoms with Crippen LogP contribution in [-0.4, -0.2) is 46.1 Å². The Kier molecular flexibility index (Phi) is 7.06. The van der Waals surface area contributed by atoms with Crippen LogP contribution in [0.2, 0.25) is 0 Å². The minimum Gasteiger partial charge on any atom is -0.296 e. The molecule has 0 aliphatic carbocycles. The standard InChI is InChI=1S/C24H33N3O2/c1-17(2)23-7-5-6-21(12-23)16-27-18(3)13-26(14-19(27)4)15-20-8-10-22(11-9-20)24(28)25-29/h5-12,17-19,29H,13-16H2,1-4H3,(H,25,28)/t18-,19+. The fraction of sp³-hybridized carbons (Fsp3) is 0.458. The normalized spacial score (nSPS) is 20.8. The molecule has 2 N–H and O–H groups in total. The molecule has 0 bridgehead atoms. The summed E-state index contributed by atoms with van der Waals surface area (Å²) in [6.07, 6.45) is 0. The Labute approximate surface area is 174 Å². The number of amides is 1. The summed E-state index contributed by atoms with van der Waals surface area (Å²) in [6, 6.07) is 17.4. The molecule has 2 aromatic carbocycles. The summed E-state index contributed by atoms with van der Waals surface area (Å²) in [6.45, 7) is 13.0. The van der Waals surface area contributed by atoms with Crippen LogP contribution in [0.3, 0.4) is 0 Å². The average Bonchev–Trinajstić information content (AvgIpc) is 2.71. The summed E-state index contributed by atoms with van der Waals surface area (Å²) in [5, 5.41) is 8.74. The van der Waals surface area contributed by atoms with Crippen LogP contribution in [0.4, 0.5) is 0 Å². The largest absolute Gasteiger partial charge is 0.296 e. The van der Waals surface area contributed by atoms with Crippen LogP contribution in [0, 0.1) is 0 Å². The molecule has 0 spiro atoms. The predicted molar refractivity (Wildman–Crippen MR) is 116 cm³/mol. The van der Waals surface area contributed by atoms with Gasteiger partial charge in [-0.05, 0) is 48.6 Å². The Hall–Kier alpha value is -2.21. The van der Waals surface area contributed by atoms with Crippen LogP contribution in [-0.2, 0) is 13.1 Å². The van der Waals surface area contributed by atoms with E-state index in [1.807, 2.05) is 12.1 Å². The van der Waals surface area contributed by atoms with Gasteiger partial charge in [-0.25, -0.2) is 5.48 Å². The minimum absolute atomic E-state index is 0.464. The quantitative estimate of drug-likeness (QED) is 0.573. The molecule has 1 amide bonds. The molecule has 0 saturated carbocycles. The number of hydrogen-bond donors (Lipinski definition) is 2. The zero-order valence-corrected chi connectivity index (χ0v) is 17.9. The summed E-state index contributed by atoms with van der Waals surface area (Å²) >= 11 is 0. The van der Waals surface area contributed by atoms with E-state index in [1.165, 1.54) is 16.7 Å². The molecule has 1 aliphatic heterocycles. The SMILES string of the molecule is CC(C)c1cccc(CN2[C@H](C)CN(Cc3ccc(C(=O)NO)cc3)C[C@@H]2C)c1. The topological polar surface area (TPSA) is 55.8 Å². The Balaban J connectivity index is 1.61. The minimum atomic E-state index is -0.478. The summed E-state index contributed by atoms with van der Waals surface area (Å²) in [5.41, 5.74) is 6.11. The van der Waals surface area contributed by atoms with Gasteiger partial charge in [0, 0.05) is 43.8 Å². The van der Waals surface area contributed by atoms with Gasteiger partial charge in [0.1, 0.15) is 0 Å². The maximum absolute atomic E-state index is 11.5. The molecule has 1 heterocycles. The first-order valence-corrected chi connectivity index (χ1v) is 10.5. The summed E-state index contributed by atoms with van der Waals surface area (Å²) in [7, 11) is 0. The van der Waals surface area contributed by atoms with Gasteiger partial charge in [-0.15, -0.1) is 0 Å². The van der Waals surface area contributed by atoms with E-state index in [2.05, 4.69) is 61.8 Å². The Morgan fingerprint density at radius 3 is 2.28 bits per heavy atom. The molecule has 0 unspecified atom stereocenters. The molecule has 1 fully saturated rings. The van der Waals surface area contributed by atoms with E-state index in [0.29, 0.717) is 23.6 Å². The van der Waals surface area contributed by atoms with Crippen molar-refractivity contribution in [3.63, 3.8) is 0 Å². The molecule has 156 valence electrons. The molecule has 0 radical (unpaired) electrons. The fourth-order valence-corrected chi connectivity index (χ4v) is 4.25. The van der Waals surface area contributed by atoms with Gasteiger partial charge in [0.05, 0.1) is 0 Å². The van der Waals surface area contributed by atoms with Crippen molar-refractivity contribution in [3.8, 4) is 0 Å². The van der Waals surface area contributed by atoms with E-state index in [0.717, 1.165) is 26.2 Å². The number of nitrogens with zero attached hydrogens (tertiary/aromatic N) is 2. The van der Waals surface area contributed by atoms with Gasteiger partial charge in [-0.3, -0.25) is 19.8 Å². The lowest BCUT2D eigenvalue weighted by molar-refractivity contribution is 0.0290. The number of piperazine rings is 1. The highest BCUT2D eigenvalue weighted by Gasteiger charge is 2.29. The highest BCUT2D eigenvalue weighted by atomic mass is 16.5. The third kappa shape index (κ3) is 5.44. The summed E-state index contributed by atoms with van der Waals surface area (Å²) < 4.78 is 0. The molecule has 1 aliphatic rings. The number of carbonyl (C=O) groups excluding carboxylic acids is 1. The second-order valence-corrected chi connectivity index (χ2v) is 8.60. The van der Waals surface area contributed by atoms with Gasteiger partial charge in [0.2, 0.25) is 0 Å². The van der Waals surface area contributed by atoms with Crippen LogP contribution >= 0.6 is 0 Å². The zero-order valence-electron chi connectivity index (χ0n) is 17.9. The van der Waals surface area contributed by atoms with Crippen molar-refractivity contribution >= 4 is 5.91 Å². The third-order valence-electron chi connectivity index (χ3n) is 5.88. The van der Waals surface area contributed by atoms with Gasteiger partial charge >= 0.3 is 0 Å². The Morgan fingerprint density at radius 2 is 1.69 bits per heavy atom. The zero-order chi connectivity index (χ0) is 21.0. The molecule has 2 atom stereocenters. The highest BCUT2D eigenvalue weighted by molar-refractivity contribution is 5.93. The number of benzene rings is 2. The summed E-state index contributed by atoms with van der Waals surface area (Å²) in [5.74, 6) is 0.0745. The lowest BCUT2D eigenvalue weighted by Crippen LogP contribution is -2.55. The first-order chi connectivity index (χ1) is 13.9. The molecular formula is C24H33N3O2. The van der Waals surface area contributed by atoms with Crippen LogP contribution in [0.15, 0.2) is 48.5 Å². The molecule has 5 nitrogen and oxygen atoms in total. The van der Waals surface area contributed by atoms with E-state index in [9.17, 15) is 4.79 Å². The van der Waals surface area contributed by atoms with Gasteiger partial charge in [-0.2, -0.15) is 0 Å². The molecule has 2 aromatic rings. The molecular weight excluding hydrogens is 362 g/mol. The van der Waals surface area contributed by atoms with E-state index >= 15 is 0 Å². The van der Waals surface area contributed by atoms with Gasteiger partial charge in [0.15, 0.2) is 0 Å². The molecule has 3 rings (SSSR count). The van der Waals surface area contributed by atoms with Crippen molar-refractivity contribution in [2.24, 2.45) is 0 Å². The lowest BCUT2D eigenvalue weighted by atomic mass is 9.99. The molecule has 0 aromatic heterocycles. The van der Waals surface area contributed by atoms with Crippen molar-refractivity contribution in [1.82, 2.24) is 15.3 Å². The van der Waals surface area contributed by atoms with Crippen molar-refractivity contribution in [2.45, 2.75) is 58.8 Å². The van der Waals surface area contributed by atoms with E-state index in [1.54, 1.807) is 17.6 Å². The van der Waals surface area contributed by atoms with Gasteiger partial charge < -0.3 is 0 Å². The van der Waals surface area contributed by atoms with E-state index in [-0.39, 0.29) is 0 Å². The second-order valence-electron chi connectivity index (χ2n) is 8.60. The average molecular weight is 396 g/mol. The van der Waals surface area contributed by atoms with Gasteiger partial charge in [0.25, 0.3) is 5.91 Å². The first kappa shape index (κ1) is 21.5.